The van der Waals surface area contributed by atoms with E-state index < -0.39 is 5.79 Å². The highest BCUT2D eigenvalue weighted by atomic mass is 32.1. The Morgan fingerprint density at radius 3 is 2.68 bits per heavy atom. The normalized spacial score (nSPS) is 19.6. The second-order valence-electron chi connectivity index (χ2n) is 6.03. The molecule has 0 atom stereocenters. The van der Waals surface area contributed by atoms with Gasteiger partial charge in [0.1, 0.15) is 5.00 Å². The van der Waals surface area contributed by atoms with Gasteiger partial charge in [-0.3, -0.25) is 4.79 Å². The molecule has 1 aliphatic heterocycles. The van der Waals surface area contributed by atoms with Gasteiger partial charge in [0, 0.05) is 23.6 Å². The van der Waals surface area contributed by atoms with E-state index in [1.807, 2.05) is 13.8 Å². The standard InChI is InChI=1S/C16H24N2O3S/c1-3-10(4-2)14(19)18-15-13(17)11-5-6-16(9-12(11)22-15)20-7-8-21-16/h10H,3-9,17H2,1-2H3,(H,18,19). The van der Waals surface area contributed by atoms with Crippen LogP contribution in [0.2, 0.25) is 0 Å². The second kappa shape index (κ2) is 6.18. The van der Waals surface area contributed by atoms with Gasteiger partial charge >= 0.3 is 0 Å². The maximum atomic E-state index is 12.3. The highest BCUT2D eigenvalue weighted by Crippen LogP contribution is 2.45. The number of anilines is 2. The van der Waals surface area contributed by atoms with Crippen LogP contribution in [0.1, 0.15) is 43.6 Å². The van der Waals surface area contributed by atoms with Crippen LogP contribution >= 0.6 is 11.3 Å². The van der Waals surface area contributed by atoms with Crippen molar-refractivity contribution in [1.29, 1.82) is 0 Å². The van der Waals surface area contributed by atoms with Gasteiger partial charge in [0.05, 0.1) is 18.9 Å². The van der Waals surface area contributed by atoms with Gasteiger partial charge < -0.3 is 20.5 Å². The molecule has 6 heteroatoms. The SMILES string of the molecule is CCC(CC)C(=O)Nc1sc2c(c1N)CCC1(C2)OCCO1. The fourth-order valence-electron chi connectivity index (χ4n) is 3.30. The minimum absolute atomic E-state index is 0.0476. The Kier molecular flexibility index (Phi) is 4.43. The number of amides is 1. The summed E-state index contributed by atoms with van der Waals surface area (Å²) in [6.45, 7) is 5.40. The summed E-state index contributed by atoms with van der Waals surface area (Å²) >= 11 is 1.57. The number of hydrogen-bond acceptors (Lipinski definition) is 5. The summed E-state index contributed by atoms with van der Waals surface area (Å²) in [5, 5.41) is 3.81. The van der Waals surface area contributed by atoms with E-state index in [-0.39, 0.29) is 11.8 Å². The Morgan fingerprint density at radius 1 is 1.36 bits per heavy atom. The summed E-state index contributed by atoms with van der Waals surface area (Å²) in [4.78, 5) is 13.5. The Bertz CT molecular complexity index is 560. The molecule has 3 rings (SSSR count). The smallest absolute Gasteiger partial charge is 0.228 e. The molecule has 1 fully saturated rings. The van der Waals surface area contributed by atoms with E-state index in [1.165, 1.54) is 4.88 Å². The Labute approximate surface area is 135 Å². The molecule has 0 aromatic carbocycles. The molecule has 1 aliphatic carbocycles. The molecule has 1 spiro atoms. The van der Waals surface area contributed by atoms with Crippen molar-refractivity contribution in [2.45, 2.75) is 51.7 Å². The number of nitrogens with two attached hydrogens (primary N) is 1. The number of ether oxygens (including phenoxy) is 2. The predicted octanol–water partition coefficient (Wildman–Crippen LogP) is 2.94. The van der Waals surface area contributed by atoms with Crippen LogP contribution in [0.25, 0.3) is 0 Å². The molecule has 1 aromatic rings. The lowest BCUT2D eigenvalue weighted by Crippen LogP contribution is -2.36. The van der Waals surface area contributed by atoms with Crippen molar-refractivity contribution in [2.24, 2.45) is 5.92 Å². The third-order valence-corrected chi connectivity index (χ3v) is 5.89. The minimum atomic E-state index is -0.457. The lowest BCUT2D eigenvalue weighted by molar-refractivity contribution is -0.163. The Morgan fingerprint density at radius 2 is 2.05 bits per heavy atom. The summed E-state index contributed by atoms with van der Waals surface area (Å²) in [5.41, 5.74) is 8.15. The lowest BCUT2D eigenvalue weighted by Gasteiger charge is -2.31. The van der Waals surface area contributed by atoms with Gasteiger partial charge in [-0.2, -0.15) is 0 Å². The number of rotatable bonds is 4. The van der Waals surface area contributed by atoms with E-state index in [0.29, 0.717) is 13.2 Å². The maximum absolute atomic E-state index is 12.3. The molecule has 1 aromatic heterocycles. The van der Waals surface area contributed by atoms with Crippen molar-refractivity contribution >= 4 is 27.9 Å². The van der Waals surface area contributed by atoms with Gasteiger partial charge in [0.2, 0.25) is 5.91 Å². The van der Waals surface area contributed by atoms with Crippen molar-refractivity contribution in [1.82, 2.24) is 0 Å². The number of fused-ring (bicyclic) bond motifs is 1. The zero-order valence-corrected chi connectivity index (χ0v) is 14.1. The van der Waals surface area contributed by atoms with E-state index >= 15 is 0 Å². The molecule has 122 valence electrons. The zero-order chi connectivity index (χ0) is 15.7. The van der Waals surface area contributed by atoms with Crippen molar-refractivity contribution in [3.8, 4) is 0 Å². The lowest BCUT2D eigenvalue weighted by atomic mass is 9.92. The van der Waals surface area contributed by atoms with Crippen LogP contribution in [-0.2, 0) is 27.1 Å². The largest absolute Gasteiger partial charge is 0.396 e. The van der Waals surface area contributed by atoms with Gasteiger partial charge in [-0.05, 0) is 24.8 Å². The van der Waals surface area contributed by atoms with E-state index in [9.17, 15) is 4.79 Å². The molecule has 5 nitrogen and oxygen atoms in total. The molecule has 2 aliphatic rings. The summed E-state index contributed by atoms with van der Waals surface area (Å²) < 4.78 is 11.6. The number of nitrogen functional groups attached to an aromatic ring is 1. The quantitative estimate of drug-likeness (QED) is 0.893. The topological polar surface area (TPSA) is 73.6 Å². The van der Waals surface area contributed by atoms with E-state index in [4.69, 9.17) is 15.2 Å². The monoisotopic (exact) mass is 324 g/mol. The summed E-state index contributed by atoms with van der Waals surface area (Å²) in [6, 6.07) is 0. The summed E-state index contributed by atoms with van der Waals surface area (Å²) in [6.07, 6.45) is 4.10. The number of carbonyl (C=O) groups is 1. The van der Waals surface area contributed by atoms with Gasteiger partial charge in [-0.15, -0.1) is 11.3 Å². The van der Waals surface area contributed by atoms with Crippen LogP contribution in [0.5, 0.6) is 0 Å². The Hall–Kier alpha value is -1.11. The van der Waals surface area contributed by atoms with Crippen molar-refractivity contribution in [2.75, 3.05) is 24.3 Å². The molecule has 0 radical (unpaired) electrons. The maximum Gasteiger partial charge on any atom is 0.228 e. The molecule has 1 saturated heterocycles. The summed E-state index contributed by atoms with van der Waals surface area (Å²) in [5.74, 6) is -0.342. The Balaban J connectivity index is 1.78. The first-order chi connectivity index (χ1) is 10.6. The van der Waals surface area contributed by atoms with Crippen LogP contribution < -0.4 is 11.1 Å². The van der Waals surface area contributed by atoms with Gasteiger partial charge in [0.25, 0.3) is 0 Å². The molecule has 1 amide bonds. The average Bonchev–Trinajstić information content (AvgIpc) is 3.06. The molecular formula is C16H24N2O3S. The van der Waals surface area contributed by atoms with Crippen LogP contribution in [0.4, 0.5) is 10.7 Å². The van der Waals surface area contributed by atoms with Crippen molar-refractivity contribution in [3.63, 3.8) is 0 Å². The second-order valence-corrected chi connectivity index (χ2v) is 7.14. The van der Waals surface area contributed by atoms with E-state index in [2.05, 4.69) is 5.32 Å². The minimum Gasteiger partial charge on any atom is -0.396 e. The fraction of sp³-hybridized carbons (Fsp3) is 0.688. The highest BCUT2D eigenvalue weighted by molar-refractivity contribution is 7.17. The summed E-state index contributed by atoms with van der Waals surface area (Å²) in [7, 11) is 0. The van der Waals surface area contributed by atoms with Crippen molar-refractivity contribution in [3.05, 3.63) is 10.4 Å². The number of hydrogen-bond donors (Lipinski definition) is 2. The first-order valence-electron chi connectivity index (χ1n) is 8.07. The fourth-order valence-corrected chi connectivity index (χ4v) is 4.56. The van der Waals surface area contributed by atoms with Gasteiger partial charge in [0.15, 0.2) is 5.79 Å². The average molecular weight is 324 g/mol. The van der Waals surface area contributed by atoms with Crippen LogP contribution in [0.3, 0.4) is 0 Å². The highest BCUT2D eigenvalue weighted by Gasteiger charge is 2.41. The predicted molar refractivity (Wildman–Crippen MR) is 88.1 cm³/mol. The van der Waals surface area contributed by atoms with Crippen LogP contribution in [0.15, 0.2) is 0 Å². The third-order valence-electron chi connectivity index (χ3n) is 4.72. The molecule has 0 bridgehead atoms. The molecule has 0 unspecified atom stereocenters. The molecule has 3 N–H and O–H groups in total. The molecule has 0 saturated carbocycles. The van der Waals surface area contributed by atoms with Crippen LogP contribution in [-0.4, -0.2) is 24.9 Å². The first kappa shape index (κ1) is 15.8. The third kappa shape index (κ3) is 2.75. The number of thiophene rings is 1. The number of carbonyl (C=O) groups excluding carboxylic acids is 1. The zero-order valence-electron chi connectivity index (χ0n) is 13.2. The van der Waals surface area contributed by atoms with E-state index in [0.717, 1.165) is 48.4 Å². The van der Waals surface area contributed by atoms with Crippen molar-refractivity contribution < 1.29 is 14.3 Å². The molecule has 22 heavy (non-hydrogen) atoms. The molecular weight excluding hydrogens is 300 g/mol. The molecule has 2 heterocycles. The van der Waals surface area contributed by atoms with Gasteiger partial charge in [-0.1, -0.05) is 13.8 Å². The first-order valence-corrected chi connectivity index (χ1v) is 8.89. The van der Waals surface area contributed by atoms with Crippen LogP contribution in [0, 0.1) is 5.92 Å². The number of nitrogens with one attached hydrogen (secondary N) is 1. The van der Waals surface area contributed by atoms with Gasteiger partial charge in [-0.25, -0.2) is 0 Å². The van der Waals surface area contributed by atoms with E-state index in [1.54, 1.807) is 11.3 Å².